The van der Waals surface area contributed by atoms with E-state index in [1.54, 1.807) is 40.2 Å². The smallest absolute Gasteiger partial charge is 0.260 e. The average Bonchev–Trinajstić information content (AvgIpc) is 3.61. The van der Waals surface area contributed by atoms with Crippen LogP contribution in [-0.2, 0) is 4.79 Å². The van der Waals surface area contributed by atoms with Crippen LogP contribution in [0.2, 0.25) is 0 Å². The second-order valence-electron chi connectivity index (χ2n) is 8.56. The van der Waals surface area contributed by atoms with Crippen molar-refractivity contribution < 1.29 is 4.79 Å². The van der Waals surface area contributed by atoms with Crippen molar-refractivity contribution in [3.63, 3.8) is 0 Å². The Morgan fingerprint density at radius 2 is 2.03 bits per heavy atom. The number of nitriles is 1. The minimum absolute atomic E-state index is 0.101. The van der Waals surface area contributed by atoms with E-state index < -0.39 is 0 Å². The highest BCUT2D eigenvalue weighted by molar-refractivity contribution is 6.06. The molecule has 2 heterocycles. The third-order valence-electron chi connectivity index (χ3n) is 6.05. The zero-order valence-electron chi connectivity index (χ0n) is 19.0. The quantitative estimate of drug-likeness (QED) is 0.547. The molecule has 166 valence electrons. The van der Waals surface area contributed by atoms with Gasteiger partial charge < -0.3 is 10.2 Å². The van der Waals surface area contributed by atoms with E-state index in [1.165, 1.54) is 0 Å². The number of hydrogen-bond donors (Lipinski definition) is 2. The molecule has 3 aliphatic rings. The highest BCUT2D eigenvalue weighted by atomic mass is 16.2. The molecule has 1 aromatic rings. The SMILES string of the molecule is C=CC1=C(C=C)C(=O)N(C2=C/C(=c3\ccc(C#N)c\c3=C/C(=N)N(C)C)C=C(C3CC3)N2)C1. The minimum Gasteiger partial charge on any atom is -0.363 e. The Hall–Kier alpha value is -4.11. The van der Waals surface area contributed by atoms with E-state index in [0.29, 0.717) is 35.3 Å². The van der Waals surface area contributed by atoms with E-state index in [9.17, 15) is 10.1 Å². The van der Waals surface area contributed by atoms with Crippen LogP contribution < -0.4 is 15.8 Å². The number of nitrogens with zero attached hydrogens (tertiary/aromatic N) is 3. The second kappa shape index (κ2) is 8.79. The van der Waals surface area contributed by atoms with Gasteiger partial charge in [0, 0.05) is 25.4 Å². The summed E-state index contributed by atoms with van der Waals surface area (Å²) < 4.78 is 0. The maximum Gasteiger partial charge on any atom is 0.260 e. The van der Waals surface area contributed by atoms with E-state index in [4.69, 9.17) is 5.41 Å². The van der Waals surface area contributed by atoms with E-state index in [-0.39, 0.29) is 5.91 Å². The third-order valence-corrected chi connectivity index (χ3v) is 6.05. The summed E-state index contributed by atoms with van der Waals surface area (Å²) in [4.78, 5) is 16.5. The van der Waals surface area contributed by atoms with Crippen LogP contribution in [0.3, 0.4) is 0 Å². The molecular weight excluding hydrogens is 410 g/mol. The van der Waals surface area contributed by atoms with Crippen molar-refractivity contribution in [2.75, 3.05) is 20.6 Å². The fourth-order valence-corrected chi connectivity index (χ4v) is 3.98. The fraction of sp³-hybridized carbons (Fsp3) is 0.222. The Labute approximate surface area is 194 Å². The molecule has 6 nitrogen and oxygen atoms in total. The molecule has 0 radical (unpaired) electrons. The number of rotatable bonds is 5. The molecule has 0 saturated heterocycles. The van der Waals surface area contributed by atoms with Gasteiger partial charge in [0.05, 0.1) is 18.2 Å². The Morgan fingerprint density at radius 3 is 2.61 bits per heavy atom. The molecule has 1 aromatic carbocycles. The van der Waals surface area contributed by atoms with Gasteiger partial charge in [-0.2, -0.15) is 5.26 Å². The molecule has 1 saturated carbocycles. The van der Waals surface area contributed by atoms with Crippen LogP contribution in [0.15, 0.2) is 78.3 Å². The highest BCUT2D eigenvalue weighted by Gasteiger charge is 2.34. The monoisotopic (exact) mass is 437 g/mol. The van der Waals surface area contributed by atoms with E-state index in [0.717, 1.165) is 40.1 Å². The van der Waals surface area contributed by atoms with Crippen LogP contribution >= 0.6 is 0 Å². The van der Waals surface area contributed by atoms with Crippen LogP contribution in [-0.4, -0.2) is 42.2 Å². The van der Waals surface area contributed by atoms with Crippen molar-refractivity contribution in [3.8, 4) is 6.07 Å². The number of allylic oxidation sites excluding steroid dienone is 3. The predicted octanol–water partition coefficient (Wildman–Crippen LogP) is 2.28. The molecule has 0 aromatic heterocycles. The number of hydrogen-bond acceptors (Lipinski definition) is 4. The Bertz CT molecular complexity index is 1330. The summed E-state index contributed by atoms with van der Waals surface area (Å²) in [5, 5.41) is 22.9. The van der Waals surface area contributed by atoms with Crippen LogP contribution in [0.1, 0.15) is 18.4 Å². The van der Waals surface area contributed by atoms with Gasteiger partial charge in [-0.25, -0.2) is 0 Å². The molecule has 0 atom stereocenters. The van der Waals surface area contributed by atoms with Gasteiger partial charge in [-0.05, 0) is 70.7 Å². The number of carbonyl (C=O) groups excluding carboxylic acids is 1. The largest absolute Gasteiger partial charge is 0.363 e. The number of benzene rings is 1. The van der Waals surface area contributed by atoms with Crippen molar-refractivity contribution in [1.29, 1.82) is 10.7 Å². The zero-order chi connectivity index (χ0) is 23.7. The molecule has 1 amide bonds. The fourth-order valence-electron chi connectivity index (χ4n) is 3.98. The molecule has 4 rings (SSSR count). The Kier molecular flexibility index (Phi) is 5.89. The number of amidine groups is 1. The van der Waals surface area contributed by atoms with E-state index >= 15 is 0 Å². The summed E-state index contributed by atoms with van der Waals surface area (Å²) in [7, 11) is 3.63. The van der Waals surface area contributed by atoms with Crippen LogP contribution in [0, 0.1) is 22.7 Å². The van der Waals surface area contributed by atoms with Crippen molar-refractivity contribution in [1.82, 2.24) is 15.1 Å². The number of carbonyl (C=O) groups is 1. The number of amides is 1. The van der Waals surface area contributed by atoms with Gasteiger partial charge >= 0.3 is 0 Å². The van der Waals surface area contributed by atoms with Gasteiger partial charge in [0.1, 0.15) is 11.7 Å². The predicted molar refractivity (Wildman–Crippen MR) is 131 cm³/mol. The lowest BCUT2D eigenvalue weighted by Gasteiger charge is -2.27. The maximum absolute atomic E-state index is 13.1. The second-order valence-corrected chi connectivity index (χ2v) is 8.56. The molecule has 33 heavy (non-hydrogen) atoms. The van der Waals surface area contributed by atoms with Crippen molar-refractivity contribution in [2.24, 2.45) is 5.92 Å². The molecule has 0 bridgehead atoms. The topological polar surface area (TPSA) is 83.2 Å². The molecule has 1 aliphatic carbocycles. The normalized spacial score (nSPS) is 20.1. The van der Waals surface area contributed by atoms with Crippen LogP contribution in [0.4, 0.5) is 0 Å². The third kappa shape index (κ3) is 4.31. The first kappa shape index (κ1) is 22.1. The lowest BCUT2D eigenvalue weighted by atomic mass is 10.0. The van der Waals surface area contributed by atoms with Gasteiger partial charge in [0.2, 0.25) is 0 Å². The lowest BCUT2D eigenvalue weighted by Crippen LogP contribution is -2.37. The Balaban J connectivity index is 1.90. The zero-order valence-corrected chi connectivity index (χ0v) is 19.0. The molecule has 1 fully saturated rings. The lowest BCUT2D eigenvalue weighted by molar-refractivity contribution is -0.123. The van der Waals surface area contributed by atoms with Gasteiger partial charge in [-0.15, -0.1) is 0 Å². The molecule has 0 unspecified atom stereocenters. The van der Waals surface area contributed by atoms with Crippen molar-refractivity contribution >= 4 is 23.4 Å². The van der Waals surface area contributed by atoms with Gasteiger partial charge in [-0.3, -0.25) is 15.1 Å². The number of nitrogens with one attached hydrogen (secondary N) is 2. The minimum atomic E-state index is -0.101. The molecule has 2 N–H and O–H groups in total. The average molecular weight is 438 g/mol. The molecule has 6 heteroatoms. The summed E-state index contributed by atoms with van der Waals surface area (Å²) in [5.74, 6) is 1.39. The summed E-state index contributed by atoms with van der Waals surface area (Å²) in [6.45, 7) is 8.07. The van der Waals surface area contributed by atoms with Gasteiger partial charge in [0.15, 0.2) is 0 Å². The summed E-state index contributed by atoms with van der Waals surface area (Å²) in [5.41, 5.74) is 3.98. The Morgan fingerprint density at radius 1 is 1.27 bits per heavy atom. The highest BCUT2D eigenvalue weighted by Crippen LogP contribution is 2.38. The summed E-state index contributed by atoms with van der Waals surface area (Å²) in [6.07, 6.45) is 11.4. The standard InChI is InChI=1S/C27H27N5O/c1-5-18-16-32(27(33)22(18)6-2)26-14-21(12-24(30-26)19-8-9-19)23-10-7-17(15-28)11-20(23)13-25(29)31(3)4/h5-7,10-14,19,29-30H,1-2,8-9,16H2,3-4H3/b20-13+,23-21+,29-25?. The van der Waals surface area contributed by atoms with Crippen LogP contribution in [0.5, 0.6) is 0 Å². The van der Waals surface area contributed by atoms with Crippen molar-refractivity contribution in [3.05, 3.63) is 94.3 Å². The van der Waals surface area contributed by atoms with Gasteiger partial charge in [0.25, 0.3) is 5.91 Å². The summed E-state index contributed by atoms with van der Waals surface area (Å²) >= 11 is 0. The van der Waals surface area contributed by atoms with E-state index in [2.05, 4.69) is 30.6 Å². The summed E-state index contributed by atoms with van der Waals surface area (Å²) in [6, 6.07) is 7.68. The first-order valence-electron chi connectivity index (χ1n) is 10.9. The van der Waals surface area contributed by atoms with Gasteiger partial charge in [-0.1, -0.05) is 31.4 Å². The molecule has 0 spiro atoms. The maximum atomic E-state index is 13.1. The van der Waals surface area contributed by atoms with Crippen molar-refractivity contribution in [2.45, 2.75) is 12.8 Å². The van der Waals surface area contributed by atoms with Crippen LogP contribution in [0.25, 0.3) is 11.6 Å². The number of dihydropyridines is 1. The first-order valence-corrected chi connectivity index (χ1v) is 10.9. The first-order chi connectivity index (χ1) is 15.9. The molecular formula is C27H27N5O. The van der Waals surface area contributed by atoms with E-state index in [1.807, 2.05) is 26.2 Å². The molecule has 2 aliphatic heterocycles.